The summed E-state index contributed by atoms with van der Waals surface area (Å²) in [4.78, 5) is 11.1. The van der Waals surface area contributed by atoms with Crippen LogP contribution in [0, 0.1) is 11.8 Å². The molecule has 2 rings (SSSR count). The highest BCUT2D eigenvalue weighted by Gasteiger charge is 2.44. The van der Waals surface area contributed by atoms with Gasteiger partial charge in [-0.1, -0.05) is 0 Å². The summed E-state index contributed by atoms with van der Waals surface area (Å²) >= 11 is 0. The van der Waals surface area contributed by atoms with Crippen LogP contribution in [-0.2, 0) is 14.3 Å². The van der Waals surface area contributed by atoms with Gasteiger partial charge < -0.3 is 14.6 Å². The molecule has 0 aromatic rings. The van der Waals surface area contributed by atoms with E-state index in [4.69, 9.17) is 4.74 Å². The van der Waals surface area contributed by atoms with Crippen LogP contribution in [-0.4, -0.2) is 30.6 Å². The summed E-state index contributed by atoms with van der Waals surface area (Å²) in [5.74, 6) is 0.533. The number of methoxy groups -OCH3 is 1. The number of carbonyl (C=O) groups is 1. The lowest BCUT2D eigenvalue weighted by Gasteiger charge is -2.15. The third-order valence-corrected chi connectivity index (χ3v) is 3.37. The van der Waals surface area contributed by atoms with E-state index in [-0.39, 0.29) is 12.1 Å². The number of esters is 1. The largest absolute Gasteiger partial charge is 0.469 e. The van der Waals surface area contributed by atoms with Crippen molar-refractivity contribution in [1.82, 2.24) is 0 Å². The van der Waals surface area contributed by atoms with Crippen molar-refractivity contribution in [1.29, 1.82) is 0 Å². The molecular weight excluding hydrogens is 184 g/mol. The number of ether oxygens (including phenoxy) is 2. The Bertz CT molecular complexity index is 228. The van der Waals surface area contributed by atoms with Crippen LogP contribution >= 0.6 is 0 Å². The van der Waals surface area contributed by atoms with Gasteiger partial charge in [0.15, 0.2) is 6.29 Å². The predicted molar refractivity (Wildman–Crippen MR) is 48.3 cm³/mol. The molecule has 14 heavy (non-hydrogen) atoms. The normalized spacial score (nSPS) is 41.0. The molecular formula is C10H16O4. The zero-order chi connectivity index (χ0) is 10.1. The molecule has 1 saturated heterocycles. The summed E-state index contributed by atoms with van der Waals surface area (Å²) in [5, 5.41) is 9.31. The van der Waals surface area contributed by atoms with E-state index in [1.54, 1.807) is 0 Å². The lowest BCUT2D eigenvalue weighted by Crippen LogP contribution is -2.17. The monoisotopic (exact) mass is 200 g/mol. The van der Waals surface area contributed by atoms with Gasteiger partial charge in [-0.15, -0.1) is 0 Å². The van der Waals surface area contributed by atoms with Crippen molar-refractivity contribution in [3.8, 4) is 0 Å². The van der Waals surface area contributed by atoms with E-state index >= 15 is 0 Å². The van der Waals surface area contributed by atoms with Crippen LogP contribution in [0.25, 0.3) is 0 Å². The maximum atomic E-state index is 11.1. The fraction of sp³-hybridized carbons (Fsp3) is 0.900. The molecule has 0 amide bonds. The van der Waals surface area contributed by atoms with Gasteiger partial charge in [-0.2, -0.15) is 0 Å². The van der Waals surface area contributed by atoms with Gasteiger partial charge in [0.2, 0.25) is 0 Å². The molecule has 2 fully saturated rings. The Morgan fingerprint density at radius 3 is 3.07 bits per heavy atom. The SMILES string of the molecule is COC(=O)C[C@@H]1CC[C@@H]2O[C@H](O)C[C@H]12. The number of rotatable bonds is 2. The quantitative estimate of drug-likeness (QED) is 0.666. The first kappa shape index (κ1) is 9.93. The third-order valence-electron chi connectivity index (χ3n) is 3.37. The van der Waals surface area contributed by atoms with Crippen molar-refractivity contribution in [2.24, 2.45) is 11.8 Å². The van der Waals surface area contributed by atoms with E-state index in [9.17, 15) is 9.90 Å². The number of aliphatic hydroxyl groups excluding tert-OH is 1. The van der Waals surface area contributed by atoms with Crippen LogP contribution in [0.5, 0.6) is 0 Å². The second-order valence-electron chi connectivity index (χ2n) is 4.15. The maximum absolute atomic E-state index is 11.1. The molecule has 80 valence electrons. The smallest absolute Gasteiger partial charge is 0.305 e. The van der Waals surface area contributed by atoms with Crippen LogP contribution < -0.4 is 0 Å². The summed E-state index contributed by atoms with van der Waals surface area (Å²) in [5.41, 5.74) is 0. The first-order valence-corrected chi connectivity index (χ1v) is 5.11. The van der Waals surface area contributed by atoms with Gasteiger partial charge in [0.1, 0.15) is 0 Å². The topological polar surface area (TPSA) is 55.8 Å². The number of hydrogen-bond donors (Lipinski definition) is 1. The van der Waals surface area contributed by atoms with Gasteiger partial charge in [-0.05, 0) is 24.7 Å². The number of carbonyl (C=O) groups excluding carboxylic acids is 1. The Hall–Kier alpha value is -0.610. The Morgan fingerprint density at radius 2 is 2.36 bits per heavy atom. The Labute approximate surface area is 83.2 Å². The molecule has 0 radical (unpaired) electrons. The average Bonchev–Trinajstić information content (AvgIpc) is 2.67. The van der Waals surface area contributed by atoms with Crippen molar-refractivity contribution >= 4 is 5.97 Å². The molecule has 4 atom stereocenters. The Morgan fingerprint density at radius 1 is 1.57 bits per heavy atom. The maximum Gasteiger partial charge on any atom is 0.305 e. The van der Waals surface area contributed by atoms with Crippen molar-refractivity contribution in [2.75, 3.05) is 7.11 Å². The molecule has 0 spiro atoms. The van der Waals surface area contributed by atoms with Crippen LogP contribution in [0.15, 0.2) is 0 Å². The lowest BCUT2D eigenvalue weighted by atomic mass is 9.90. The molecule has 4 heteroatoms. The van der Waals surface area contributed by atoms with Crippen molar-refractivity contribution in [3.05, 3.63) is 0 Å². The molecule has 4 nitrogen and oxygen atoms in total. The molecule has 1 aliphatic carbocycles. The molecule has 0 unspecified atom stereocenters. The molecule has 2 aliphatic rings. The summed E-state index contributed by atoms with van der Waals surface area (Å²) in [6.07, 6.45) is 2.66. The minimum atomic E-state index is -0.620. The van der Waals surface area contributed by atoms with E-state index in [1.807, 2.05) is 0 Å². The van der Waals surface area contributed by atoms with Crippen LogP contribution in [0.2, 0.25) is 0 Å². The van der Waals surface area contributed by atoms with E-state index < -0.39 is 6.29 Å². The second kappa shape index (κ2) is 3.87. The van der Waals surface area contributed by atoms with E-state index in [2.05, 4.69) is 4.74 Å². The second-order valence-corrected chi connectivity index (χ2v) is 4.15. The van der Waals surface area contributed by atoms with Gasteiger partial charge in [0, 0.05) is 12.8 Å². The van der Waals surface area contributed by atoms with Gasteiger partial charge >= 0.3 is 5.97 Å². The molecule has 1 saturated carbocycles. The minimum absolute atomic E-state index is 0.156. The number of hydrogen-bond acceptors (Lipinski definition) is 4. The zero-order valence-electron chi connectivity index (χ0n) is 8.31. The summed E-state index contributed by atoms with van der Waals surface area (Å²) < 4.78 is 9.98. The summed E-state index contributed by atoms with van der Waals surface area (Å²) in [7, 11) is 1.41. The van der Waals surface area contributed by atoms with E-state index in [0.29, 0.717) is 24.7 Å². The van der Waals surface area contributed by atoms with Crippen LogP contribution in [0.3, 0.4) is 0 Å². The fourth-order valence-corrected chi connectivity index (χ4v) is 2.66. The summed E-state index contributed by atoms with van der Waals surface area (Å²) in [6.45, 7) is 0. The predicted octanol–water partition coefficient (Wildman–Crippen LogP) is 0.683. The first-order valence-electron chi connectivity index (χ1n) is 5.11. The molecule has 1 aliphatic heterocycles. The van der Waals surface area contributed by atoms with Gasteiger partial charge in [-0.3, -0.25) is 4.79 Å². The third kappa shape index (κ3) is 1.77. The molecule has 0 aromatic carbocycles. The summed E-state index contributed by atoms with van der Waals surface area (Å²) in [6, 6.07) is 0. The van der Waals surface area contributed by atoms with Gasteiger partial charge in [-0.25, -0.2) is 0 Å². The highest BCUT2D eigenvalue weighted by atomic mass is 16.6. The average molecular weight is 200 g/mol. The van der Waals surface area contributed by atoms with Gasteiger partial charge in [0.25, 0.3) is 0 Å². The highest BCUT2D eigenvalue weighted by molar-refractivity contribution is 5.69. The lowest BCUT2D eigenvalue weighted by molar-refractivity contribution is -0.142. The molecule has 1 N–H and O–H groups in total. The van der Waals surface area contributed by atoms with Gasteiger partial charge in [0.05, 0.1) is 13.2 Å². The van der Waals surface area contributed by atoms with Crippen LogP contribution in [0.4, 0.5) is 0 Å². The molecule has 0 aromatic heterocycles. The minimum Gasteiger partial charge on any atom is -0.469 e. The Kier molecular flexibility index (Phi) is 2.74. The van der Waals surface area contributed by atoms with Crippen LogP contribution in [0.1, 0.15) is 25.7 Å². The van der Waals surface area contributed by atoms with E-state index in [1.165, 1.54) is 7.11 Å². The Balaban J connectivity index is 1.92. The molecule has 0 bridgehead atoms. The van der Waals surface area contributed by atoms with Crippen molar-refractivity contribution < 1.29 is 19.4 Å². The fourth-order valence-electron chi connectivity index (χ4n) is 2.66. The zero-order valence-corrected chi connectivity index (χ0v) is 8.31. The number of fused-ring (bicyclic) bond motifs is 1. The highest BCUT2D eigenvalue weighted by Crippen LogP contribution is 2.43. The van der Waals surface area contributed by atoms with E-state index in [0.717, 1.165) is 12.8 Å². The number of aliphatic hydroxyl groups is 1. The molecule has 1 heterocycles. The first-order chi connectivity index (χ1) is 6.70. The van der Waals surface area contributed by atoms with Crippen molar-refractivity contribution in [2.45, 2.75) is 38.1 Å². The van der Waals surface area contributed by atoms with Crippen molar-refractivity contribution in [3.63, 3.8) is 0 Å². The standard InChI is InChI=1S/C10H16O4/c1-13-9(11)4-6-2-3-8-7(6)5-10(12)14-8/h6-8,10,12H,2-5H2,1H3/t6-,7+,8-,10-/m0/s1.